The molecule has 0 saturated heterocycles. The second kappa shape index (κ2) is 22.1. The Hall–Kier alpha value is -6.66. The van der Waals surface area contributed by atoms with Crippen LogP contribution in [0.5, 0.6) is 0 Å². The topological polar surface area (TPSA) is 230 Å². The van der Waals surface area contributed by atoms with Crippen molar-refractivity contribution >= 4 is 52.5 Å². The molecule has 1 aliphatic rings. The first-order valence-corrected chi connectivity index (χ1v) is 20.7. The fraction of sp³-hybridized carbons (Fsp3) is 0.444. The number of carbonyl (C=O) groups is 6. The number of rotatable bonds is 13. The molecule has 0 aliphatic heterocycles. The number of ether oxygens (including phenoxy) is 2. The van der Waals surface area contributed by atoms with Gasteiger partial charge in [0.15, 0.2) is 0 Å². The number of H-pyrrole nitrogens is 1. The molecule has 1 fully saturated rings. The zero-order chi connectivity index (χ0) is 47.2. The number of hydrogen-bond acceptors (Lipinski definition) is 9. The molecule has 346 valence electrons. The molecule has 1 atom stereocenters. The summed E-state index contributed by atoms with van der Waals surface area (Å²) in [6.45, 7) is 11.7. The van der Waals surface area contributed by atoms with Gasteiger partial charge in [0.25, 0.3) is 5.91 Å². The summed E-state index contributed by atoms with van der Waals surface area (Å²) in [4.78, 5) is 73.2. The van der Waals surface area contributed by atoms with Crippen molar-refractivity contribution < 1.29 is 56.5 Å². The van der Waals surface area contributed by atoms with Crippen LogP contribution in [0.15, 0.2) is 72.9 Å². The van der Waals surface area contributed by atoms with Gasteiger partial charge in [-0.1, -0.05) is 36.4 Å². The monoisotopic (exact) mass is 895 g/mol. The van der Waals surface area contributed by atoms with Gasteiger partial charge in [-0.3, -0.25) is 19.5 Å². The molecular formula is C45H56F3N7O9. The lowest BCUT2D eigenvalue weighted by atomic mass is 9.81. The molecule has 5 rings (SSSR count). The third-order valence-electron chi connectivity index (χ3n) is 9.66. The van der Waals surface area contributed by atoms with Crippen LogP contribution in [0.2, 0.25) is 0 Å². The number of benzene rings is 3. The predicted octanol–water partition coefficient (Wildman–Crippen LogP) is 7.11. The Kier molecular flexibility index (Phi) is 17.3. The summed E-state index contributed by atoms with van der Waals surface area (Å²) in [5, 5.41) is 29.3. The molecule has 1 aromatic heterocycles. The SMILES string of the molecule is CC(C)(C)OC(=O)NCCNC(=O)c1ccc(-c2cccc(C[C@H](NC(=O)C3CCC(CNC(=O)OC(C)(C)C)CC3)C(=O)Nc3ccc4cn[nH]c4c3)c2)cc1.O=C(O)C(F)(F)F. The van der Waals surface area contributed by atoms with Crippen LogP contribution in [0, 0.1) is 11.8 Å². The van der Waals surface area contributed by atoms with Crippen LogP contribution < -0.4 is 26.6 Å². The van der Waals surface area contributed by atoms with Crippen molar-refractivity contribution in [2.24, 2.45) is 11.8 Å². The molecule has 0 bridgehead atoms. The number of carbonyl (C=O) groups excluding carboxylic acids is 5. The summed E-state index contributed by atoms with van der Waals surface area (Å²) in [5.74, 6) is -3.58. The van der Waals surface area contributed by atoms with E-state index in [2.05, 4.69) is 36.8 Å². The Balaban J connectivity index is 0.00000118. The lowest BCUT2D eigenvalue weighted by molar-refractivity contribution is -0.192. The summed E-state index contributed by atoms with van der Waals surface area (Å²) in [6.07, 6.45) is -1.31. The average molecular weight is 896 g/mol. The highest BCUT2D eigenvalue weighted by Gasteiger charge is 2.38. The van der Waals surface area contributed by atoms with Gasteiger partial charge in [-0.05, 0) is 120 Å². The van der Waals surface area contributed by atoms with Gasteiger partial charge in [0.2, 0.25) is 11.8 Å². The molecule has 5 amide bonds. The van der Waals surface area contributed by atoms with Crippen molar-refractivity contribution in [3.8, 4) is 11.1 Å². The Morgan fingerprint density at radius 2 is 1.39 bits per heavy atom. The summed E-state index contributed by atoms with van der Waals surface area (Å²) in [7, 11) is 0. The molecule has 4 aromatic rings. The highest BCUT2D eigenvalue weighted by molar-refractivity contribution is 5.99. The number of alkyl halides is 3. The quantitative estimate of drug-likeness (QED) is 0.0673. The second-order valence-electron chi connectivity index (χ2n) is 17.3. The third-order valence-corrected chi connectivity index (χ3v) is 9.66. The summed E-state index contributed by atoms with van der Waals surface area (Å²) >= 11 is 0. The van der Waals surface area contributed by atoms with E-state index in [0.717, 1.165) is 40.4 Å². The Morgan fingerprint density at radius 3 is 2.00 bits per heavy atom. The Morgan fingerprint density at radius 1 is 0.781 bits per heavy atom. The van der Waals surface area contributed by atoms with Crippen molar-refractivity contribution in [2.45, 2.75) is 97.1 Å². The van der Waals surface area contributed by atoms with Gasteiger partial charge in [0.1, 0.15) is 17.2 Å². The number of halogens is 3. The fourth-order valence-electron chi connectivity index (χ4n) is 6.60. The first-order valence-electron chi connectivity index (χ1n) is 20.7. The normalized spacial score (nSPS) is 15.6. The fourth-order valence-corrected chi connectivity index (χ4v) is 6.60. The number of carboxylic acids is 1. The number of fused-ring (bicyclic) bond motifs is 1. The highest BCUT2D eigenvalue weighted by atomic mass is 19.4. The number of alkyl carbamates (subject to hydrolysis) is 2. The third kappa shape index (κ3) is 16.9. The number of nitrogens with zero attached hydrogens (tertiary/aromatic N) is 1. The molecule has 3 aromatic carbocycles. The molecule has 1 aliphatic carbocycles. The van der Waals surface area contributed by atoms with E-state index in [1.54, 1.807) is 51.2 Å². The molecular weight excluding hydrogens is 840 g/mol. The van der Waals surface area contributed by atoms with Crippen molar-refractivity contribution in [3.63, 3.8) is 0 Å². The van der Waals surface area contributed by atoms with Crippen molar-refractivity contribution in [3.05, 3.63) is 84.1 Å². The van der Waals surface area contributed by atoms with Crippen LogP contribution in [0.3, 0.4) is 0 Å². The van der Waals surface area contributed by atoms with Crippen molar-refractivity contribution in [1.82, 2.24) is 31.5 Å². The Bertz CT molecular complexity index is 2240. The Labute approximate surface area is 368 Å². The number of hydrogen-bond donors (Lipinski definition) is 7. The number of carboxylic acid groups (broad SMARTS) is 1. The van der Waals surface area contributed by atoms with Crippen LogP contribution >= 0.6 is 0 Å². The molecule has 0 spiro atoms. The first-order chi connectivity index (χ1) is 30.0. The average Bonchev–Trinajstić information content (AvgIpc) is 3.68. The van der Waals surface area contributed by atoms with Gasteiger partial charge in [-0.2, -0.15) is 18.3 Å². The highest BCUT2D eigenvalue weighted by Crippen LogP contribution is 2.29. The van der Waals surface area contributed by atoms with Gasteiger partial charge < -0.3 is 41.2 Å². The predicted molar refractivity (Wildman–Crippen MR) is 232 cm³/mol. The molecule has 64 heavy (non-hydrogen) atoms. The number of aromatic nitrogens is 2. The van der Waals surface area contributed by atoms with Crippen LogP contribution in [0.4, 0.5) is 28.4 Å². The maximum atomic E-state index is 13.9. The van der Waals surface area contributed by atoms with Crippen LogP contribution in [-0.4, -0.2) is 94.2 Å². The van der Waals surface area contributed by atoms with E-state index >= 15 is 0 Å². The van der Waals surface area contributed by atoms with Crippen molar-refractivity contribution in [2.75, 3.05) is 25.0 Å². The van der Waals surface area contributed by atoms with Gasteiger partial charge >= 0.3 is 24.3 Å². The van der Waals surface area contributed by atoms with Crippen LogP contribution in [0.25, 0.3) is 22.0 Å². The van der Waals surface area contributed by atoms with E-state index < -0.39 is 41.6 Å². The lowest BCUT2D eigenvalue weighted by Crippen LogP contribution is -2.48. The minimum atomic E-state index is -5.08. The van der Waals surface area contributed by atoms with Gasteiger partial charge in [0, 0.05) is 48.6 Å². The van der Waals surface area contributed by atoms with E-state index in [-0.39, 0.29) is 49.1 Å². The van der Waals surface area contributed by atoms with Crippen LogP contribution in [-0.2, 0) is 30.3 Å². The van der Waals surface area contributed by atoms with Crippen LogP contribution in [0.1, 0.15) is 83.1 Å². The van der Waals surface area contributed by atoms with E-state index in [4.69, 9.17) is 19.4 Å². The molecule has 16 nitrogen and oxygen atoms in total. The molecule has 1 saturated carbocycles. The summed E-state index contributed by atoms with van der Waals surface area (Å²) < 4.78 is 42.3. The van der Waals surface area contributed by atoms with E-state index in [1.807, 2.05) is 63.2 Å². The second-order valence-corrected chi connectivity index (χ2v) is 17.3. The maximum absolute atomic E-state index is 13.9. The summed E-state index contributed by atoms with van der Waals surface area (Å²) in [5.41, 5.74) is 3.23. The standard InChI is InChI=1S/C43H55N7O7.C2HF3O2/c1-42(2,3)56-40(54)45-21-20-44-37(51)30-16-14-29(15-17-30)32-9-7-8-28(22-32)23-36(39(53)48-34-19-18-33-26-47-50-35(33)24-34)49-38(52)31-12-10-27(11-13-31)25-46-41(55)57-43(4,5)6;3-2(4,5)1(6)7/h7-9,14-19,22,24,26-27,31,36H,10-13,20-21,23,25H2,1-6H3,(H,44,51)(H,45,54)(H,46,55)(H,47,50)(H,48,53)(H,49,52);(H,6,7)/t27?,31?,36-;/m0./s1. The number of nitrogens with one attached hydrogen (secondary N) is 6. The molecule has 7 N–H and O–H groups in total. The first kappa shape index (κ1) is 50.0. The number of anilines is 1. The largest absolute Gasteiger partial charge is 0.490 e. The van der Waals surface area contributed by atoms with Gasteiger partial charge in [-0.25, -0.2) is 14.4 Å². The molecule has 1 heterocycles. The zero-order valence-electron chi connectivity index (χ0n) is 36.6. The molecule has 0 radical (unpaired) electrons. The minimum absolute atomic E-state index is 0.177. The molecule has 0 unspecified atom stereocenters. The molecule has 19 heteroatoms. The maximum Gasteiger partial charge on any atom is 0.490 e. The van der Waals surface area contributed by atoms with Crippen molar-refractivity contribution in [1.29, 1.82) is 0 Å². The number of aromatic amines is 1. The minimum Gasteiger partial charge on any atom is -0.475 e. The van der Waals surface area contributed by atoms with E-state index in [1.165, 1.54) is 0 Å². The smallest absolute Gasteiger partial charge is 0.475 e. The number of aliphatic carboxylic acids is 1. The lowest BCUT2D eigenvalue weighted by Gasteiger charge is -2.29. The van der Waals surface area contributed by atoms with Gasteiger partial charge in [0.05, 0.1) is 11.7 Å². The van der Waals surface area contributed by atoms with Gasteiger partial charge in [-0.15, -0.1) is 0 Å². The van der Waals surface area contributed by atoms with E-state index in [9.17, 15) is 37.1 Å². The van der Waals surface area contributed by atoms with E-state index in [0.29, 0.717) is 30.6 Å². The zero-order valence-corrected chi connectivity index (χ0v) is 36.6. The number of amides is 5. The summed E-state index contributed by atoms with van der Waals surface area (Å²) in [6, 6.07) is 19.5.